The number of nitrogens with one attached hydrogen (secondary N) is 1. The van der Waals surface area contributed by atoms with Gasteiger partial charge < -0.3 is 19.2 Å². The van der Waals surface area contributed by atoms with Crippen molar-refractivity contribution in [2.45, 2.75) is 52.8 Å². The number of aromatic nitrogens is 5. The molecule has 0 spiro atoms. The maximum Gasteiger partial charge on any atom is 0.259 e. The topological polar surface area (TPSA) is 86.9 Å². The SMILES string of the molecule is CC(C)n1cnnc1-c1cccc(NC(=O)c2cc3c(ccn3CCOC(C)(C)C)cc2F)n1. The largest absolute Gasteiger partial charge is 0.374 e. The minimum Gasteiger partial charge on any atom is -0.374 e. The molecular weight excluding hydrogens is 435 g/mol. The molecule has 0 saturated heterocycles. The molecule has 0 aliphatic carbocycles. The second-order valence-electron chi connectivity index (χ2n) is 9.38. The number of halogens is 1. The molecule has 1 amide bonds. The van der Waals surface area contributed by atoms with E-state index >= 15 is 0 Å². The molecule has 34 heavy (non-hydrogen) atoms. The minimum absolute atomic E-state index is 0.0539. The molecule has 0 bridgehead atoms. The molecule has 4 rings (SSSR count). The lowest BCUT2D eigenvalue weighted by atomic mass is 10.1. The first-order chi connectivity index (χ1) is 16.1. The number of carbonyl (C=O) groups excluding carboxylic acids is 1. The molecule has 0 aliphatic rings. The quantitative estimate of drug-likeness (QED) is 0.412. The van der Waals surface area contributed by atoms with E-state index in [1.54, 1.807) is 30.6 Å². The van der Waals surface area contributed by atoms with Crippen LogP contribution in [0.1, 0.15) is 51.0 Å². The first-order valence-electron chi connectivity index (χ1n) is 11.2. The van der Waals surface area contributed by atoms with Gasteiger partial charge in [-0.3, -0.25) is 4.79 Å². The molecule has 9 heteroatoms. The summed E-state index contributed by atoms with van der Waals surface area (Å²) in [5, 5.41) is 11.5. The molecule has 0 aliphatic heterocycles. The van der Waals surface area contributed by atoms with Crippen molar-refractivity contribution in [2.24, 2.45) is 0 Å². The third kappa shape index (κ3) is 5.14. The van der Waals surface area contributed by atoms with Gasteiger partial charge in [0.1, 0.15) is 23.7 Å². The van der Waals surface area contributed by atoms with Crippen LogP contribution in [0.25, 0.3) is 22.4 Å². The van der Waals surface area contributed by atoms with Gasteiger partial charge >= 0.3 is 0 Å². The smallest absolute Gasteiger partial charge is 0.259 e. The zero-order chi connectivity index (χ0) is 24.5. The number of pyridine rings is 1. The average Bonchev–Trinajstić information content (AvgIpc) is 3.40. The fourth-order valence-electron chi connectivity index (χ4n) is 3.65. The Bertz CT molecular complexity index is 1320. The maximum absolute atomic E-state index is 14.8. The normalized spacial score (nSPS) is 12.0. The van der Waals surface area contributed by atoms with Crippen LogP contribution < -0.4 is 5.32 Å². The fraction of sp³-hybridized carbons (Fsp3) is 0.360. The van der Waals surface area contributed by atoms with Crippen molar-refractivity contribution in [1.29, 1.82) is 0 Å². The van der Waals surface area contributed by atoms with E-state index in [4.69, 9.17) is 4.74 Å². The van der Waals surface area contributed by atoms with Gasteiger partial charge in [0.2, 0.25) is 0 Å². The van der Waals surface area contributed by atoms with Gasteiger partial charge in [0.05, 0.1) is 17.8 Å². The zero-order valence-electron chi connectivity index (χ0n) is 20.0. The molecule has 0 radical (unpaired) electrons. The highest BCUT2D eigenvalue weighted by atomic mass is 19.1. The van der Waals surface area contributed by atoms with Gasteiger partial charge in [-0.05, 0) is 65.0 Å². The average molecular weight is 465 g/mol. The monoisotopic (exact) mass is 464 g/mol. The van der Waals surface area contributed by atoms with E-state index in [0.29, 0.717) is 30.5 Å². The number of ether oxygens (including phenoxy) is 1. The van der Waals surface area contributed by atoms with Gasteiger partial charge in [-0.2, -0.15) is 0 Å². The Labute approximate surface area is 197 Å². The molecule has 1 N–H and O–H groups in total. The fourth-order valence-corrected chi connectivity index (χ4v) is 3.65. The first kappa shape index (κ1) is 23.6. The van der Waals surface area contributed by atoms with Crippen molar-refractivity contribution in [1.82, 2.24) is 24.3 Å². The summed E-state index contributed by atoms with van der Waals surface area (Å²) < 4.78 is 24.4. The molecule has 8 nitrogen and oxygen atoms in total. The lowest BCUT2D eigenvalue weighted by Gasteiger charge is -2.19. The number of rotatable bonds is 7. The molecule has 3 heterocycles. The number of hydrogen-bond donors (Lipinski definition) is 1. The van der Waals surface area contributed by atoms with E-state index in [0.717, 1.165) is 10.9 Å². The maximum atomic E-state index is 14.8. The summed E-state index contributed by atoms with van der Waals surface area (Å²) in [6, 6.07) is 10.1. The summed E-state index contributed by atoms with van der Waals surface area (Å²) in [4.78, 5) is 17.5. The summed E-state index contributed by atoms with van der Waals surface area (Å²) in [5.41, 5.74) is 1.02. The highest BCUT2D eigenvalue weighted by Crippen LogP contribution is 2.23. The molecule has 0 unspecified atom stereocenters. The first-order valence-corrected chi connectivity index (χ1v) is 11.2. The predicted octanol–water partition coefficient (Wildman–Crippen LogP) is 5.08. The third-order valence-corrected chi connectivity index (χ3v) is 5.32. The van der Waals surface area contributed by atoms with E-state index in [1.165, 1.54) is 6.07 Å². The van der Waals surface area contributed by atoms with Crippen LogP contribution in [0.2, 0.25) is 0 Å². The van der Waals surface area contributed by atoms with Crippen LogP contribution in [0.15, 0.2) is 48.9 Å². The van der Waals surface area contributed by atoms with Gasteiger partial charge in [-0.15, -0.1) is 10.2 Å². The number of nitrogens with zero attached hydrogens (tertiary/aromatic N) is 5. The molecule has 0 atom stereocenters. The molecular formula is C25H29FN6O2. The number of amides is 1. The second kappa shape index (κ2) is 9.34. The molecule has 1 aromatic carbocycles. The predicted molar refractivity (Wildman–Crippen MR) is 129 cm³/mol. The Morgan fingerprint density at radius 2 is 2.00 bits per heavy atom. The summed E-state index contributed by atoms with van der Waals surface area (Å²) in [5.74, 6) is -0.277. The van der Waals surface area contributed by atoms with E-state index in [9.17, 15) is 9.18 Å². The number of fused-ring (bicyclic) bond motifs is 1. The molecule has 4 aromatic rings. The number of benzene rings is 1. The van der Waals surface area contributed by atoms with Gasteiger partial charge in [0.15, 0.2) is 5.82 Å². The van der Waals surface area contributed by atoms with Crippen LogP contribution in [0.5, 0.6) is 0 Å². The number of carbonyl (C=O) groups is 1. The number of hydrogen-bond acceptors (Lipinski definition) is 5. The summed E-state index contributed by atoms with van der Waals surface area (Å²) in [7, 11) is 0. The van der Waals surface area contributed by atoms with Crippen molar-refractivity contribution in [3.05, 3.63) is 60.3 Å². The number of anilines is 1. The minimum atomic E-state index is -0.593. The molecule has 0 fully saturated rings. The Hall–Kier alpha value is -3.59. The van der Waals surface area contributed by atoms with Crippen molar-refractivity contribution in [3.63, 3.8) is 0 Å². The van der Waals surface area contributed by atoms with Gasteiger partial charge in [0, 0.05) is 29.7 Å². The van der Waals surface area contributed by atoms with E-state index in [-0.39, 0.29) is 17.2 Å². The zero-order valence-corrected chi connectivity index (χ0v) is 20.0. The van der Waals surface area contributed by atoms with Crippen LogP contribution in [0, 0.1) is 5.82 Å². The Morgan fingerprint density at radius 3 is 2.74 bits per heavy atom. The van der Waals surface area contributed by atoms with Gasteiger partial charge in [-0.25, -0.2) is 9.37 Å². The Balaban J connectivity index is 1.57. The summed E-state index contributed by atoms with van der Waals surface area (Å²) >= 11 is 0. The third-order valence-electron chi connectivity index (χ3n) is 5.32. The van der Waals surface area contributed by atoms with Crippen molar-refractivity contribution in [2.75, 3.05) is 11.9 Å². The van der Waals surface area contributed by atoms with Crippen LogP contribution in [0.4, 0.5) is 10.2 Å². The second-order valence-corrected chi connectivity index (χ2v) is 9.38. The van der Waals surface area contributed by atoms with Crippen LogP contribution >= 0.6 is 0 Å². The van der Waals surface area contributed by atoms with Crippen LogP contribution in [0.3, 0.4) is 0 Å². The van der Waals surface area contributed by atoms with Crippen molar-refractivity contribution in [3.8, 4) is 11.5 Å². The standard InChI is InChI=1S/C25H29FN6O2/c1-16(2)32-15-27-30-23(32)20-7-6-8-22(28-20)29-24(33)18-14-21-17(13-19(18)26)9-10-31(21)11-12-34-25(3,4)5/h6-10,13-16H,11-12H2,1-5H3,(H,28,29,33). The molecule has 178 valence electrons. The molecule has 3 aromatic heterocycles. The Morgan fingerprint density at radius 1 is 1.21 bits per heavy atom. The van der Waals surface area contributed by atoms with Gasteiger partial charge in [-0.1, -0.05) is 6.07 Å². The van der Waals surface area contributed by atoms with Crippen molar-refractivity contribution >= 4 is 22.6 Å². The van der Waals surface area contributed by atoms with E-state index in [1.807, 2.05) is 56.0 Å². The highest BCUT2D eigenvalue weighted by molar-refractivity contribution is 6.06. The molecule has 0 saturated carbocycles. The summed E-state index contributed by atoms with van der Waals surface area (Å²) in [6.45, 7) is 11.1. The van der Waals surface area contributed by atoms with E-state index < -0.39 is 11.7 Å². The van der Waals surface area contributed by atoms with Crippen molar-refractivity contribution < 1.29 is 13.9 Å². The lowest BCUT2D eigenvalue weighted by Crippen LogP contribution is -2.21. The van der Waals surface area contributed by atoms with E-state index in [2.05, 4.69) is 20.5 Å². The summed E-state index contributed by atoms with van der Waals surface area (Å²) in [6.07, 6.45) is 3.51. The van der Waals surface area contributed by atoms with Crippen LogP contribution in [-0.4, -0.2) is 42.4 Å². The lowest BCUT2D eigenvalue weighted by molar-refractivity contribution is -0.00644. The van der Waals surface area contributed by atoms with Crippen LogP contribution in [-0.2, 0) is 11.3 Å². The van der Waals surface area contributed by atoms with Gasteiger partial charge in [0.25, 0.3) is 5.91 Å². The highest BCUT2D eigenvalue weighted by Gasteiger charge is 2.17. The Kier molecular flexibility index (Phi) is 6.47.